The van der Waals surface area contributed by atoms with Gasteiger partial charge in [-0.15, -0.1) is 0 Å². The smallest absolute Gasteiger partial charge is 0.115 e. The maximum absolute atomic E-state index is 9.45. The van der Waals surface area contributed by atoms with E-state index in [-0.39, 0.29) is 11.8 Å². The molecule has 2 aromatic rings. The molecule has 0 heterocycles. The summed E-state index contributed by atoms with van der Waals surface area (Å²) in [5.74, 6) is 0.260. The van der Waals surface area contributed by atoms with Gasteiger partial charge in [-0.2, -0.15) is 0 Å². The van der Waals surface area contributed by atoms with Crippen LogP contribution in [-0.2, 0) is 0 Å². The first kappa shape index (κ1) is 11.5. The van der Waals surface area contributed by atoms with Crippen molar-refractivity contribution in [3.8, 4) is 5.75 Å². The molecule has 2 rings (SSSR count). The number of hydrogen-bond acceptors (Lipinski definition) is 3. The number of phenolic OH excluding ortho intramolecular Hbond substituents is 1. The van der Waals surface area contributed by atoms with Crippen molar-refractivity contribution < 1.29 is 5.11 Å². The van der Waals surface area contributed by atoms with Crippen molar-refractivity contribution >= 4 is 5.69 Å². The van der Waals surface area contributed by atoms with Gasteiger partial charge in [0.1, 0.15) is 5.75 Å². The van der Waals surface area contributed by atoms with Gasteiger partial charge in [0, 0.05) is 12.2 Å². The molecular formula is C14H16N2O. The molecule has 3 heteroatoms. The molecule has 3 nitrogen and oxygen atoms in total. The molecule has 0 spiro atoms. The maximum Gasteiger partial charge on any atom is 0.115 e. The highest BCUT2D eigenvalue weighted by Gasteiger charge is 2.09. The van der Waals surface area contributed by atoms with E-state index in [9.17, 15) is 5.11 Å². The third-order valence-corrected chi connectivity index (χ3v) is 2.62. The summed E-state index contributed by atoms with van der Waals surface area (Å²) in [5, 5.41) is 12.8. The topological polar surface area (TPSA) is 58.3 Å². The van der Waals surface area contributed by atoms with Crippen molar-refractivity contribution in [3.63, 3.8) is 0 Å². The Balaban J connectivity index is 2.17. The van der Waals surface area contributed by atoms with E-state index in [1.165, 1.54) is 0 Å². The van der Waals surface area contributed by atoms with E-state index < -0.39 is 0 Å². The maximum atomic E-state index is 9.45. The summed E-state index contributed by atoms with van der Waals surface area (Å²) in [6, 6.07) is 17.1. The fourth-order valence-corrected chi connectivity index (χ4v) is 1.76. The summed E-state index contributed by atoms with van der Waals surface area (Å²) in [7, 11) is 0. The largest absolute Gasteiger partial charge is 0.508 e. The molecule has 0 saturated carbocycles. The molecule has 17 heavy (non-hydrogen) atoms. The van der Waals surface area contributed by atoms with Crippen LogP contribution in [-0.4, -0.2) is 11.7 Å². The van der Waals surface area contributed by atoms with Gasteiger partial charge in [-0.3, -0.25) is 0 Å². The molecule has 0 bridgehead atoms. The molecular weight excluding hydrogens is 212 g/mol. The number of anilines is 1. The Morgan fingerprint density at radius 2 is 1.82 bits per heavy atom. The molecule has 4 N–H and O–H groups in total. The van der Waals surface area contributed by atoms with Crippen LogP contribution in [0.2, 0.25) is 0 Å². The molecule has 88 valence electrons. The van der Waals surface area contributed by atoms with E-state index in [2.05, 4.69) is 5.32 Å². The van der Waals surface area contributed by atoms with Crippen molar-refractivity contribution in [2.24, 2.45) is 5.73 Å². The molecule has 2 aromatic carbocycles. The monoisotopic (exact) mass is 228 g/mol. The summed E-state index contributed by atoms with van der Waals surface area (Å²) in [5.41, 5.74) is 7.76. The van der Waals surface area contributed by atoms with Gasteiger partial charge < -0.3 is 16.2 Å². The van der Waals surface area contributed by atoms with Crippen LogP contribution < -0.4 is 11.1 Å². The van der Waals surface area contributed by atoms with E-state index in [1.807, 2.05) is 42.5 Å². The lowest BCUT2D eigenvalue weighted by atomic mass is 10.1. The SMILES string of the molecule is NCC(Nc1ccccc1)c1cccc(O)c1. The lowest BCUT2D eigenvalue weighted by Crippen LogP contribution is -2.20. The van der Waals surface area contributed by atoms with Crippen LogP contribution in [0.1, 0.15) is 11.6 Å². The second-order valence-electron chi connectivity index (χ2n) is 3.89. The van der Waals surface area contributed by atoms with Crippen molar-refractivity contribution in [1.29, 1.82) is 0 Å². The minimum atomic E-state index is 0.00417. The minimum absolute atomic E-state index is 0.00417. The highest BCUT2D eigenvalue weighted by atomic mass is 16.3. The van der Waals surface area contributed by atoms with E-state index in [0.717, 1.165) is 11.3 Å². The molecule has 1 atom stereocenters. The lowest BCUT2D eigenvalue weighted by molar-refractivity contribution is 0.474. The number of benzene rings is 2. The van der Waals surface area contributed by atoms with E-state index >= 15 is 0 Å². The molecule has 0 aromatic heterocycles. The minimum Gasteiger partial charge on any atom is -0.508 e. The van der Waals surface area contributed by atoms with Gasteiger partial charge in [-0.25, -0.2) is 0 Å². The summed E-state index contributed by atoms with van der Waals surface area (Å²) in [6.45, 7) is 0.471. The molecule has 1 unspecified atom stereocenters. The van der Waals surface area contributed by atoms with Crippen LogP contribution in [0.3, 0.4) is 0 Å². The molecule has 0 amide bonds. The first-order chi connectivity index (χ1) is 8.29. The van der Waals surface area contributed by atoms with Gasteiger partial charge in [-0.05, 0) is 29.8 Å². The molecule has 0 radical (unpaired) electrons. The Morgan fingerprint density at radius 1 is 1.06 bits per heavy atom. The standard InChI is InChI=1S/C14H16N2O/c15-10-14(11-5-4-8-13(17)9-11)16-12-6-2-1-3-7-12/h1-9,14,16-17H,10,15H2. The van der Waals surface area contributed by atoms with E-state index in [0.29, 0.717) is 6.54 Å². The Hall–Kier alpha value is -2.00. The van der Waals surface area contributed by atoms with Gasteiger partial charge in [0.15, 0.2) is 0 Å². The van der Waals surface area contributed by atoms with Crippen LogP contribution in [0.4, 0.5) is 5.69 Å². The highest BCUT2D eigenvalue weighted by Crippen LogP contribution is 2.21. The van der Waals surface area contributed by atoms with Crippen LogP contribution >= 0.6 is 0 Å². The van der Waals surface area contributed by atoms with Gasteiger partial charge in [0.05, 0.1) is 6.04 Å². The van der Waals surface area contributed by atoms with E-state index in [4.69, 9.17) is 5.73 Å². The van der Waals surface area contributed by atoms with Gasteiger partial charge in [0.25, 0.3) is 0 Å². The predicted octanol–water partition coefficient (Wildman–Crippen LogP) is 2.50. The quantitative estimate of drug-likeness (QED) is 0.753. The number of rotatable bonds is 4. The lowest BCUT2D eigenvalue weighted by Gasteiger charge is -2.18. The molecule has 0 fully saturated rings. The summed E-state index contributed by atoms with van der Waals surface area (Å²) in [6.07, 6.45) is 0. The van der Waals surface area contributed by atoms with Crippen LogP contribution in [0.5, 0.6) is 5.75 Å². The van der Waals surface area contributed by atoms with Crippen molar-refractivity contribution in [2.45, 2.75) is 6.04 Å². The van der Waals surface area contributed by atoms with Crippen molar-refractivity contribution in [3.05, 3.63) is 60.2 Å². The Kier molecular flexibility index (Phi) is 3.62. The number of nitrogens with two attached hydrogens (primary N) is 1. The van der Waals surface area contributed by atoms with E-state index in [1.54, 1.807) is 12.1 Å². The first-order valence-electron chi connectivity index (χ1n) is 5.60. The normalized spacial score (nSPS) is 12.1. The van der Waals surface area contributed by atoms with Crippen LogP contribution in [0.25, 0.3) is 0 Å². The van der Waals surface area contributed by atoms with Gasteiger partial charge in [-0.1, -0.05) is 30.3 Å². The van der Waals surface area contributed by atoms with Crippen molar-refractivity contribution in [2.75, 3.05) is 11.9 Å². The second kappa shape index (κ2) is 5.37. The fraction of sp³-hybridized carbons (Fsp3) is 0.143. The second-order valence-corrected chi connectivity index (χ2v) is 3.89. The summed E-state index contributed by atoms with van der Waals surface area (Å²) >= 11 is 0. The van der Waals surface area contributed by atoms with Gasteiger partial charge in [0.2, 0.25) is 0 Å². The Bertz CT molecular complexity index is 471. The Morgan fingerprint density at radius 3 is 2.47 bits per heavy atom. The number of para-hydroxylation sites is 1. The van der Waals surface area contributed by atoms with Gasteiger partial charge >= 0.3 is 0 Å². The third-order valence-electron chi connectivity index (χ3n) is 2.62. The van der Waals surface area contributed by atoms with Crippen molar-refractivity contribution in [1.82, 2.24) is 0 Å². The Labute approximate surface area is 101 Å². The number of phenols is 1. The summed E-state index contributed by atoms with van der Waals surface area (Å²) in [4.78, 5) is 0. The fourth-order valence-electron chi connectivity index (χ4n) is 1.76. The van der Waals surface area contributed by atoms with Crippen LogP contribution in [0, 0.1) is 0 Å². The zero-order chi connectivity index (χ0) is 12.1. The third kappa shape index (κ3) is 2.98. The number of aromatic hydroxyl groups is 1. The number of hydrogen-bond donors (Lipinski definition) is 3. The molecule has 0 aliphatic heterocycles. The predicted molar refractivity (Wildman–Crippen MR) is 70.0 cm³/mol. The number of nitrogens with one attached hydrogen (secondary N) is 1. The average molecular weight is 228 g/mol. The molecule has 0 aliphatic carbocycles. The zero-order valence-corrected chi connectivity index (χ0v) is 9.51. The highest BCUT2D eigenvalue weighted by molar-refractivity contribution is 5.46. The molecule has 0 saturated heterocycles. The molecule has 0 aliphatic rings. The summed E-state index contributed by atoms with van der Waals surface area (Å²) < 4.78 is 0. The van der Waals surface area contributed by atoms with Crippen LogP contribution in [0.15, 0.2) is 54.6 Å². The zero-order valence-electron chi connectivity index (χ0n) is 9.51. The first-order valence-corrected chi connectivity index (χ1v) is 5.60. The average Bonchev–Trinajstić information content (AvgIpc) is 2.37.